The molecule has 0 unspecified atom stereocenters. The molecule has 0 N–H and O–H groups in total. The van der Waals surface area contributed by atoms with Gasteiger partial charge in [0, 0.05) is 23.8 Å². The normalized spacial score (nSPS) is 16.0. The van der Waals surface area contributed by atoms with Gasteiger partial charge < -0.3 is 9.64 Å². The molecule has 100 valence electrons. The number of benzene rings is 1. The highest BCUT2D eigenvalue weighted by atomic mass is 16.5. The van der Waals surface area contributed by atoms with Gasteiger partial charge in [-0.15, -0.1) is 0 Å². The molecule has 19 heavy (non-hydrogen) atoms. The molecular weight excluding hydrogens is 242 g/mol. The zero-order chi connectivity index (χ0) is 14.2. The molecule has 0 saturated carbocycles. The second kappa shape index (κ2) is 4.53. The maximum Gasteiger partial charge on any atom is 0.155 e. The van der Waals surface area contributed by atoms with E-state index in [0.717, 1.165) is 22.7 Å². The van der Waals surface area contributed by atoms with Crippen molar-refractivity contribution in [3.8, 4) is 5.75 Å². The smallest absolute Gasteiger partial charge is 0.155 e. The van der Waals surface area contributed by atoms with Crippen LogP contribution in [0.2, 0.25) is 0 Å². The standard InChI is InChI=1S/C15H17NO3/c1-15(2)12-7-11(19-4)5-6-13(12)16(3)14(15)10(8-17)9-18/h5-9H,1-4H3. The van der Waals surface area contributed by atoms with Crippen molar-refractivity contribution in [1.82, 2.24) is 0 Å². The number of likely N-dealkylation sites (N-methyl/N-ethyl adjacent to an activating group) is 1. The van der Waals surface area contributed by atoms with Gasteiger partial charge in [0.1, 0.15) is 5.75 Å². The summed E-state index contributed by atoms with van der Waals surface area (Å²) in [5, 5.41) is 0. The van der Waals surface area contributed by atoms with E-state index in [9.17, 15) is 9.59 Å². The quantitative estimate of drug-likeness (QED) is 0.361. The van der Waals surface area contributed by atoms with Crippen LogP contribution in [-0.2, 0) is 15.0 Å². The van der Waals surface area contributed by atoms with Crippen molar-refractivity contribution in [3.05, 3.63) is 35.0 Å². The number of ether oxygens (including phenoxy) is 1. The second-order valence-electron chi connectivity index (χ2n) is 5.11. The Bertz CT molecular complexity index is 563. The summed E-state index contributed by atoms with van der Waals surface area (Å²) in [5.74, 6) is 0.764. The van der Waals surface area contributed by atoms with E-state index in [2.05, 4.69) is 0 Å². The number of anilines is 1. The number of aldehydes is 2. The van der Waals surface area contributed by atoms with Crippen molar-refractivity contribution < 1.29 is 14.3 Å². The van der Waals surface area contributed by atoms with Crippen LogP contribution in [0, 0.1) is 0 Å². The van der Waals surface area contributed by atoms with E-state index in [0.29, 0.717) is 12.6 Å². The number of hydrogen-bond acceptors (Lipinski definition) is 4. The van der Waals surface area contributed by atoms with Crippen LogP contribution in [0.15, 0.2) is 29.5 Å². The molecule has 0 atom stereocenters. The summed E-state index contributed by atoms with van der Waals surface area (Å²) >= 11 is 0. The molecule has 0 saturated heterocycles. The molecule has 1 aromatic carbocycles. The molecule has 2 rings (SSSR count). The minimum atomic E-state index is -0.407. The van der Waals surface area contributed by atoms with Gasteiger partial charge in [-0.05, 0) is 23.8 Å². The molecule has 0 bridgehead atoms. The third-order valence-corrected chi connectivity index (χ3v) is 3.69. The lowest BCUT2D eigenvalue weighted by Gasteiger charge is -2.24. The lowest BCUT2D eigenvalue weighted by atomic mass is 9.82. The van der Waals surface area contributed by atoms with Crippen molar-refractivity contribution in [2.75, 3.05) is 19.1 Å². The molecule has 0 spiro atoms. The highest BCUT2D eigenvalue weighted by Crippen LogP contribution is 2.48. The van der Waals surface area contributed by atoms with Gasteiger partial charge in [0.2, 0.25) is 0 Å². The summed E-state index contributed by atoms with van der Waals surface area (Å²) in [6.45, 7) is 3.99. The lowest BCUT2D eigenvalue weighted by Crippen LogP contribution is -2.25. The fourth-order valence-corrected chi connectivity index (χ4v) is 2.80. The highest BCUT2D eigenvalue weighted by molar-refractivity contribution is 6.02. The number of allylic oxidation sites excluding steroid dienone is 2. The summed E-state index contributed by atoms with van der Waals surface area (Å²) in [4.78, 5) is 24.1. The van der Waals surface area contributed by atoms with E-state index >= 15 is 0 Å². The number of carbonyl (C=O) groups is 2. The van der Waals surface area contributed by atoms with Crippen LogP contribution in [0.1, 0.15) is 19.4 Å². The number of carbonyl (C=O) groups excluding carboxylic acids is 2. The van der Waals surface area contributed by atoms with Crippen LogP contribution in [-0.4, -0.2) is 26.7 Å². The SMILES string of the molecule is COc1ccc2c(c1)C(C)(C)C(=C(C=O)C=O)N2C. The third kappa shape index (κ3) is 1.84. The number of rotatable bonds is 3. The van der Waals surface area contributed by atoms with E-state index in [1.165, 1.54) is 0 Å². The van der Waals surface area contributed by atoms with Gasteiger partial charge in [0.25, 0.3) is 0 Å². The second-order valence-corrected chi connectivity index (χ2v) is 5.11. The van der Waals surface area contributed by atoms with Gasteiger partial charge in [-0.1, -0.05) is 13.8 Å². The predicted molar refractivity (Wildman–Crippen MR) is 73.6 cm³/mol. The minimum Gasteiger partial charge on any atom is -0.497 e. The molecular formula is C15H17NO3. The number of methoxy groups -OCH3 is 1. The Morgan fingerprint density at radius 1 is 1.26 bits per heavy atom. The first-order chi connectivity index (χ1) is 8.97. The van der Waals surface area contributed by atoms with Crippen molar-refractivity contribution in [2.45, 2.75) is 19.3 Å². The minimum absolute atomic E-state index is 0.183. The van der Waals surface area contributed by atoms with Gasteiger partial charge in [-0.3, -0.25) is 9.59 Å². The van der Waals surface area contributed by atoms with Crippen LogP contribution in [0.25, 0.3) is 0 Å². The molecule has 1 aliphatic rings. The first-order valence-corrected chi connectivity index (χ1v) is 6.04. The summed E-state index contributed by atoms with van der Waals surface area (Å²) in [7, 11) is 3.48. The number of fused-ring (bicyclic) bond motifs is 1. The van der Waals surface area contributed by atoms with Crippen molar-refractivity contribution in [1.29, 1.82) is 0 Å². The van der Waals surface area contributed by atoms with Crippen LogP contribution in [0.5, 0.6) is 5.75 Å². The zero-order valence-corrected chi connectivity index (χ0v) is 11.6. The van der Waals surface area contributed by atoms with Gasteiger partial charge in [-0.25, -0.2) is 0 Å². The van der Waals surface area contributed by atoms with Crippen molar-refractivity contribution in [2.24, 2.45) is 0 Å². The molecule has 0 radical (unpaired) electrons. The van der Waals surface area contributed by atoms with E-state index in [-0.39, 0.29) is 5.57 Å². The average molecular weight is 259 g/mol. The molecule has 1 aliphatic heterocycles. The van der Waals surface area contributed by atoms with E-state index in [1.54, 1.807) is 7.11 Å². The summed E-state index contributed by atoms with van der Waals surface area (Å²) < 4.78 is 5.24. The Hall–Kier alpha value is -2.10. The largest absolute Gasteiger partial charge is 0.497 e. The molecule has 1 heterocycles. The maximum atomic E-state index is 11.1. The molecule has 0 amide bonds. The van der Waals surface area contributed by atoms with Gasteiger partial charge >= 0.3 is 0 Å². The number of nitrogens with zero attached hydrogens (tertiary/aromatic N) is 1. The van der Waals surface area contributed by atoms with Gasteiger partial charge in [-0.2, -0.15) is 0 Å². The number of hydrogen-bond donors (Lipinski definition) is 0. The van der Waals surface area contributed by atoms with Gasteiger partial charge in [0.15, 0.2) is 12.6 Å². The van der Waals surface area contributed by atoms with E-state index < -0.39 is 5.41 Å². The Balaban J connectivity index is 2.71. The Labute approximate surface area is 112 Å². The Morgan fingerprint density at radius 2 is 1.89 bits per heavy atom. The van der Waals surface area contributed by atoms with Crippen LogP contribution in [0.3, 0.4) is 0 Å². The van der Waals surface area contributed by atoms with E-state index in [1.807, 2.05) is 44.0 Å². The first kappa shape index (κ1) is 13.3. The lowest BCUT2D eigenvalue weighted by molar-refractivity contribution is -0.109. The van der Waals surface area contributed by atoms with Crippen molar-refractivity contribution >= 4 is 18.3 Å². The summed E-state index contributed by atoms with van der Waals surface area (Å²) in [5.41, 5.74) is 2.53. The predicted octanol–water partition coefficient (Wildman–Crippen LogP) is 2.07. The molecule has 4 heteroatoms. The van der Waals surface area contributed by atoms with Crippen LogP contribution >= 0.6 is 0 Å². The topological polar surface area (TPSA) is 46.6 Å². The molecule has 0 aromatic heterocycles. The Morgan fingerprint density at radius 3 is 2.42 bits per heavy atom. The average Bonchev–Trinajstić information content (AvgIpc) is 2.61. The molecule has 0 aliphatic carbocycles. The summed E-state index contributed by atoms with van der Waals surface area (Å²) in [6, 6.07) is 5.76. The highest BCUT2D eigenvalue weighted by Gasteiger charge is 2.40. The third-order valence-electron chi connectivity index (χ3n) is 3.69. The summed E-state index contributed by atoms with van der Waals surface area (Å²) in [6.07, 6.45) is 1.23. The fourth-order valence-electron chi connectivity index (χ4n) is 2.80. The van der Waals surface area contributed by atoms with Crippen LogP contribution < -0.4 is 9.64 Å². The van der Waals surface area contributed by atoms with Crippen LogP contribution in [0.4, 0.5) is 5.69 Å². The fraction of sp³-hybridized carbons (Fsp3) is 0.333. The van der Waals surface area contributed by atoms with Crippen molar-refractivity contribution in [3.63, 3.8) is 0 Å². The van der Waals surface area contributed by atoms with E-state index in [4.69, 9.17) is 4.74 Å². The molecule has 1 aromatic rings. The van der Waals surface area contributed by atoms with Gasteiger partial charge in [0.05, 0.1) is 12.7 Å². The Kier molecular flexibility index (Phi) is 3.18. The molecule has 4 nitrogen and oxygen atoms in total. The first-order valence-electron chi connectivity index (χ1n) is 6.04. The maximum absolute atomic E-state index is 11.1. The zero-order valence-electron chi connectivity index (χ0n) is 11.6. The molecule has 0 fully saturated rings. The monoisotopic (exact) mass is 259 g/mol.